The van der Waals surface area contributed by atoms with E-state index in [0.717, 1.165) is 12.0 Å². The molecular weight excluding hydrogens is 372 g/mol. The van der Waals surface area contributed by atoms with Gasteiger partial charge in [-0.15, -0.1) is 0 Å². The first-order chi connectivity index (χ1) is 12.3. The van der Waals surface area contributed by atoms with Gasteiger partial charge in [-0.1, -0.05) is 6.07 Å². The lowest BCUT2D eigenvalue weighted by Gasteiger charge is -2.12. The van der Waals surface area contributed by atoms with Crippen LogP contribution in [0.2, 0.25) is 0 Å². The minimum Gasteiger partial charge on any atom is -0.490 e. The van der Waals surface area contributed by atoms with Crippen molar-refractivity contribution >= 4 is 35.0 Å². The summed E-state index contributed by atoms with van der Waals surface area (Å²) in [6, 6.07) is 4.13. The number of thioether (sulfide) groups is 1. The molecule has 26 heavy (non-hydrogen) atoms. The Kier molecular flexibility index (Phi) is 6.56. The number of rotatable bonds is 7. The Morgan fingerprint density at radius 2 is 2.04 bits per heavy atom. The number of nitrogens with zero attached hydrogens (tertiary/aromatic N) is 1. The maximum Gasteiger partial charge on any atom is 0.387 e. The van der Waals surface area contributed by atoms with Crippen molar-refractivity contribution in [3.63, 3.8) is 0 Å². The lowest BCUT2D eigenvalue weighted by Crippen LogP contribution is -2.34. The molecule has 0 aromatic heterocycles. The highest BCUT2D eigenvalue weighted by Crippen LogP contribution is 2.35. The molecule has 0 N–H and O–H groups in total. The zero-order chi connectivity index (χ0) is 19.3. The van der Waals surface area contributed by atoms with E-state index in [1.807, 2.05) is 0 Å². The fourth-order valence-corrected chi connectivity index (χ4v) is 2.90. The van der Waals surface area contributed by atoms with E-state index in [1.165, 1.54) is 24.3 Å². The third-order valence-corrected chi connectivity index (χ3v) is 4.08. The van der Waals surface area contributed by atoms with Crippen molar-refractivity contribution in [3.8, 4) is 11.5 Å². The Morgan fingerprint density at radius 3 is 2.65 bits per heavy atom. The van der Waals surface area contributed by atoms with E-state index in [-0.39, 0.29) is 23.0 Å². The second kappa shape index (κ2) is 8.65. The maximum atomic E-state index is 12.4. The van der Waals surface area contributed by atoms with Crippen molar-refractivity contribution < 1.29 is 37.4 Å². The number of carbonyl (C=O) groups excluding carboxylic acids is 3. The first-order valence-corrected chi connectivity index (χ1v) is 8.21. The number of alkyl halides is 2. The Bertz CT molecular complexity index is 752. The molecule has 1 aromatic rings. The van der Waals surface area contributed by atoms with Gasteiger partial charge in [0, 0.05) is 0 Å². The molecule has 1 fully saturated rings. The summed E-state index contributed by atoms with van der Waals surface area (Å²) < 4.78 is 38.9. The summed E-state index contributed by atoms with van der Waals surface area (Å²) in [6.07, 6.45) is 1.40. The first-order valence-electron chi connectivity index (χ1n) is 7.39. The van der Waals surface area contributed by atoms with Crippen molar-refractivity contribution in [1.29, 1.82) is 0 Å². The van der Waals surface area contributed by atoms with E-state index in [2.05, 4.69) is 9.47 Å². The molecule has 1 saturated heterocycles. The smallest absolute Gasteiger partial charge is 0.387 e. The minimum atomic E-state index is -3.00. The summed E-state index contributed by atoms with van der Waals surface area (Å²) in [5.74, 6) is -1.43. The van der Waals surface area contributed by atoms with E-state index < -0.39 is 30.3 Å². The summed E-state index contributed by atoms with van der Waals surface area (Å²) >= 11 is 0.662. The number of methoxy groups -OCH3 is 1. The summed E-state index contributed by atoms with van der Waals surface area (Å²) in [4.78, 5) is 36.2. The molecular formula is C16H15F2NO6S. The maximum absolute atomic E-state index is 12.4. The molecule has 0 aliphatic carbocycles. The van der Waals surface area contributed by atoms with Crippen LogP contribution < -0.4 is 9.47 Å². The topological polar surface area (TPSA) is 82.1 Å². The number of halogens is 2. The van der Waals surface area contributed by atoms with Crippen LogP contribution in [0.3, 0.4) is 0 Å². The molecule has 0 bridgehead atoms. The Morgan fingerprint density at radius 1 is 1.31 bits per heavy atom. The molecule has 0 saturated carbocycles. The third-order valence-electron chi connectivity index (χ3n) is 3.17. The average Bonchev–Trinajstić information content (AvgIpc) is 2.84. The second-order valence-electron chi connectivity index (χ2n) is 4.86. The van der Waals surface area contributed by atoms with E-state index in [1.54, 1.807) is 6.92 Å². The van der Waals surface area contributed by atoms with Crippen LogP contribution in [-0.4, -0.2) is 48.9 Å². The highest BCUT2D eigenvalue weighted by atomic mass is 32.2. The summed E-state index contributed by atoms with van der Waals surface area (Å²) in [5.41, 5.74) is 0.443. The van der Waals surface area contributed by atoms with Gasteiger partial charge in [0.05, 0.1) is 18.6 Å². The van der Waals surface area contributed by atoms with E-state index in [9.17, 15) is 23.2 Å². The Labute approximate surface area is 151 Å². The number of hydrogen-bond acceptors (Lipinski definition) is 7. The number of benzene rings is 1. The average molecular weight is 387 g/mol. The van der Waals surface area contributed by atoms with Gasteiger partial charge in [-0.2, -0.15) is 8.78 Å². The van der Waals surface area contributed by atoms with Gasteiger partial charge in [-0.25, -0.2) is 0 Å². The standard InChI is InChI=1S/C16H15F2NO6S/c1-3-24-11-6-9(4-5-10(11)25-15(17)18)7-12-14(21)19(16(22)26-12)8-13(20)23-2/h4-7,15H,3,8H2,1-2H3/b12-7-. The monoisotopic (exact) mass is 387 g/mol. The lowest BCUT2D eigenvalue weighted by atomic mass is 10.2. The van der Waals surface area contributed by atoms with E-state index in [0.29, 0.717) is 17.3 Å². The van der Waals surface area contributed by atoms with Crippen LogP contribution in [0.4, 0.5) is 13.6 Å². The van der Waals surface area contributed by atoms with E-state index in [4.69, 9.17) is 4.74 Å². The minimum absolute atomic E-state index is 0.0790. The number of imide groups is 1. The van der Waals surface area contributed by atoms with Crippen LogP contribution in [0.15, 0.2) is 23.1 Å². The number of amides is 2. The fourth-order valence-electron chi connectivity index (χ4n) is 2.06. The highest BCUT2D eigenvalue weighted by Gasteiger charge is 2.36. The molecule has 2 amide bonds. The molecule has 10 heteroatoms. The lowest BCUT2D eigenvalue weighted by molar-refractivity contribution is -0.143. The van der Waals surface area contributed by atoms with Gasteiger partial charge in [-0.3, -0.25) is 19.3 Å². The zero-order valence-electron chi connectivity index (χ0n) is 13.9. The predicted octanol–water partition coefficient (Wildman–Crippen LogP) is 2.90. The summed E-state index contributed by atoms with van der Waals surface area (Å²) in [5, 5.41) is -0.602. The van der Waals surface area contributed by atoms with Crippen LogP contribution >= 0.6 is 11.8 Å². The summed E-state index contributed by atoms with van der Waals surface area (Å²) in [7, 11) is 1.15. The van der Waals surface area contributed by atoms with Crippen molar-refractivity contribution in [1.82, 2.24) is 4.90 Å². The normalized spacial score (nSPS) is 15.7. The number of carbonyl (C=O) groups is 3. The molecule has 1 aromatic carbocycles. The van der Waals surface area contributed by atoms with Crippen molar-refractivity contribution in [2.24, 2.45) is 0 Å². The van der Waals surface area contributed by atoms with Gasteiger partial charge in [0.1, 0.15) is 6.54 Å². The van der Waals surface area contributed by atoms with Gasteiger partial charge in [0.25, 0.3) is 11.1 Å². The van der Waals surface area contributed by atoms with Crippen molar-refractivity contribution in [3.05, 3.63) is 28.7 Å². The molecule has 0 unspecified atom stereocenters. The Hall–Kier alpha value is -2.62. The number of hydrogen-bond donors (Lipinski definition) is 0. The van der Waals surface area contributed by atoms with E-state index >= 15 is 0 Å². The van der Waals surface area contributed by atoms with Crippen LogP contribution in [0.1, 0.15) is 12.5 Å². The van der Waals surface area contributed by atoms with Gasteiger partial charge < -0.3 is 14.2 Å². The van der Waals surface area contributed by atoms with Crippen molar-refractivity contribution in [2.45, 2.75) is 13.5 Å². The van der Waals surface area contributed by atoms with Gasteiger partial charge >= 0.3 is 12.6 Å². The second-order valence-corrected chi connectivity index (χ2v) is 5.85. The molecule has 1 heterocycles. The highest BCUT2D eigenvalue weighted by molar-refractivity contribution is 8.18. The molecule has 0 radical (unpaired) electrons. The van der Waals surface area contributed by atoms with Gasteiger partial charge in [0.15, 0.2) is 11.5 Å². The third kappa shape index (κ3) is 4.72. The first kappa shape index (κ1) is 19.7. The largest absolute Gasteiger partial charge is 0.490 e. The molecule has 7 nitrogen and oxygen atoms in total. The SMILES string of the molecule is CCOc1cc(/C=C2\SC(=O)N(CC(=O)OC)C2=O)ccc1OC(F)F. The zero-order valence-corrected chi connectivity index (χ0v) is 14.7. The van der Waals surface area contributed by atoms with Gasteiger partial charge in [-0.05, 0) is 42.5 Å². The molecule has 2 rings (SSSR count). The molecule has 0 spiro atoms. The van der Waals surface area contributed by atoms with Crippen LogP contribution in [0, 0.1) is 0 Å². The van der Waals surface area contributed by atoms with Crippen LogP contribution in [0.25, 0.3) is 6.08 Å². The molecule has 1 aliphatic heterocycles. The Balaban J connectivity index is 2.26. The quantitative estimate of drug-likeness (QED) is 0.526. The number of ether oxygens (including phenoxy) is 3. The van der Waals surface area contributed by atoms with Crippen molar-refractivity contribution in [2.75, 3.05) is 20.3 Å². The fraction of sp³-hybridized carbons (Fsp3) is 0.312. The molecule has 140 valence electrons. The van der Waals surface area contributed by atoms with Gasteiger partial charge in [0.2, 0.25) is 0 Å². The summed E-state index contributed by atoms with van der Waals surface area (Å²) in [6.45, 7) is -1.59. The molecule has 0 atom stereocenters. The molecule has 1 aliphatic rings. The van der Waals surface area contributed by atoms with Crippen LogP contribution in [-0.2, 0) is 14.3 Å². The van der Waals surface area contributed by atoms with Crippen LogP contribution in [0.5, 0.6) is 11.5 Å². The number of esters is 1. The predicted molar refractivity (Wildman–Crippen MR) is 88.9 cm³/mol.